The molecule has 0 spiro atoms. The first-order valence-corrected chi connectivity index (χ1v) is 18.7. The van der Waals surface area contributed by atoms with Crippen LogP contribution in [0.25, 0.3) is 0 Å². The van der Waals surface area contributed by atoms with E-state index in [2.05, 4.69) is 18.7 Å². The molecule has 0 radical (unpaired) electrons. The van der Waals surface area contributed by atoms with Gasteiger partial charge in [0.2, 0.25) is 0 Å². The SMILES string of the molecule is CC[C@@H]1OC(=O)[C@H](C)[C@@H](O[C@H]2C[C@@](C)(OC)C[C@H](C)O2)[C@H](C)[C@@H](O[C@@H]2O[C@H](C)C[C@H](N(C)CC)[C@H]2O)[C@@]2(C)CC(C)=C(O2)[C@@H](C)[C@@H](O)[C@H]1C. The van der Waals surface area contributed by atoms with Crippen LogP contribution in [0.5, 0.6) is 0 Å². The van der Waals surface area contributed by atoms with Crippen molar-refractivity contribution in [1.29, 1.82) is 0 Å². The third kappa shape index (κ3) is 8.67. The summed E-state index contributed by atoms with van der Waals surface area (Å²) in [5.41, 5.74) is -0.370. The molecule has 11 nitrogen and oxygen atoms in total. The Kier molecular flexibility index (Phi) is 13.3. The third-order valence-corrected chi connectivity index (χ3v) is 12.0. The molecular formula is C38H67NO10. The van der Waals surface area contributed by atoms with Gasteiger partial charge in [0.25, 0.3) is 0 Å². The van der Waals surface area contributed by atoms with Gasteiger partial charge in [-0.1, -0.05) is 34.6 Å². The highest BCUT2D eigenvalue weighted by Gasteiger charge is 2.54. The number of methoxy groups -OCH3 is 1. The number of ether oxygens (including phenoxy) is 7. The molecule has 0 amide bonds. The molecule has 49 heavy (non-hydrogen) atoms. The van der Waals surface area contributed by atoms with Gasteiger partial charge in [0.15, 0.2) is 12.6 Å². The molecule has 3 saturated heterocycles. The highest BCUT2D eigenvalue weighted by molar-refractivity contribution is 5.73. The number of likely N-dealkylation sites (N-methyl/N-ethyl adjacent to an activating group) is 1. The van der Waals surface area contributed by atoms with Crippen molar-refractivity contribution in [3.05, 3.63) is 11.3 Å². The topological polar surface area (TPSA) is 125 Å². The summed E-state index contributed by atoms with van der Waals surface area (Å²) in [5, 5.41) is 23.3. The van der Waals surface area contributed by atoms with Crippen LogP contribution in [0.3, 0.4) is 0 Å². The summed E-state index contributed by atoms with van der Waals surface area (Å²) < 4.78 is 45.6. The Morgan fingerprint density at radius 1 is 0.918 bits per heavy atom. The van der Waals surface area contributed by atoms with Crippen molar-refractivity contribution in [3.8, 4) is 0 Å². The Bertz CT molecular complexity index is 1150. The lowest BCUT2D eigenvalue weighted by Gasteiger charge is -2.48. The molecule has 11 heteroatoms. The monoisotopic (exact) mass is 697 g/mol. The minimum atomic E-state index is -0.950. The van der Waals surface area contributed by atoms with E-state index in [0.717, 1.165) is 17.9 Å². The molecule has 0 aliphatic carbocycles. The Balaban J connectivity index is 1.81. The van der Waals surface area contributed by atoms with E-state index in [4.69, 9.17) is 33.2 Å². The van der Waals surface area contributed by atoms with E-state index in [0.29, 0.717) is 32.1 Å². The van der Waals surface area contributed by atoms with Gasteiger partial charge in [-0.25, -0.2) is 0 Å². The first-order chi connectivity index (χ1) is 22.9. The predicted molar refractivity (Wildman–Crippen MR) is 185 cm³/mol. The molecule has 0 aromatic rings. The van der Waals surface area contributed by atoms with Gasteiger partial charge in [-0.2, -0.15) is 0 Å². The molecule has 4 heterocycles. The van der Waals surface area contributed by atoms with Crippen LogP contribution in [0.15, 0.2) is 11.3 Å². The average Bonchev–Trinajstić information content (AvgIpc) is 3.37. The van der Waals surface area contributed by atoms with Gasteiger partial charge in [0.1, 0.15) is 29.7 Å². The maximum absolute atomic E-state index is 14.1. The first kappa shape index (κ1) is 40.5. The molecule has 4 aliphatic rings. The molecule has 284 valence electrons. The van der Waals surface area contributed by atoms with Crippen molar-refractivity contribution in [2.45, 2.75) is 181 Å². The van der Waals surface area contributed by atoms with E-state index >= 15 is 0 Å². The van der Waals surface area contributed by atoms with Gasteiger partial charge < -0.3 is 48.3 Å². The number of fused-ring (bicyclic) bond motifs is 2. The van der Waals surface area contributed by atoms with Crippen molar-refractivity contribution in [1.82, 2.24) is 4.90 Å². The minimum absolute atomic E-state index is 0.124. The number of hydrogen-bond acceptors (Lipinski definition) is 11. The van der Waals surface area contributed by atoms with Crippen LogP contribution in [0.2, 0.25) is 0 Å². The smallest absolute Gasteiger partial charge is 0.311 e. The predicted octanol–water partition coefficient (Wildman–Crippen LogP) is 5.20. The van der Waals surface area contributed by atoms with E-state index in [1.54, 1.807) is 7.11 Å². The van der Waals surface area contributed by atoms with E-state index in [-0.39, 0.29) is 30.1 Å². The number of aliphatic hydroxyl groups is 2. The number of carbonyl (C=O) groups excluding carboxylic acids is 1. The molecule has 2 N–H and O–H groups in total. The molecule has 4 aliphatic heterocycles. The second-order valence-electron chi connectivity index (χ2n) is 16.2. The van der Waals surface area contributed by atoms with E-state index in [1.165, 1.54) is 0 Å². The second kappa shape index (κ2) is 16.1. The summed E-state index contributed by atoms with van der Waals surface area (Å²) >= 11 is 0. The number of cyclic esters (lactones) is 1. The van der Waals surface area contributed by atoms with Crippen LogP contribution < -0.4 is 0 Å². The molecule has 16 atom stereocenters. The van der Waals surface area contributed by atoms with Crippen LogP contribution in [0, 0.1) is 23.7 Å². The van der Waals surface area contributed by atoms with Gasteiger partial charge in [0.05, 0.1) is 35.9 Å². The Hall–Kier alpha value is -1.31. The maximum Gasteiger partial charge on any atom is 0.311 e. The maximum atomic E-state index is 14.1. The van der Waals surface area contributed by atoms with Gasteiger partial charge in [-0.05, 0) is 73.5 Å². The Morgan fingerprint density at radius 2 is 1.59 bits per heavy atom. The fourth-order valence-electron chi connectivity index (χ4n) is 8.88. The van der Waals surface area contributed by atoms with Gasteiger partial charge in [-0.3, -0.25) is 4.79 Å². The highest BCUT2D eigenvalue weighted by Crippen LogP contribution is 2.47. The fraction of sp³-hybridized carbons (Fsp3) is 0.921. The van der Waals surface area contributed by atoms with Crippen LogP contribution in [-0.2, 0) is 38.0 Å². The summed E-state index contributed by atoms with van der Waals surface area (Å²) in [6.45, 7) is 22.6. The zero-order chi connectivity index (χ0) is 36.6. The first-order valence-electron chi connectivity index (χ1n) is 18.7. The molecule has 2 bridgehead atoms. The van der Waals surface area contributed by atoms with Gasteiger partial charge in [-0.15, -0.1) is 0 Å². The molecular weight excluding hydrogens is 630 g/mol. The number of carbonyl (C=O) groups is 1. The lowest BCUT2D eigenvalue weighted by atomic mass is 9.79. The molecule has 3 fully saturated rings. The number of hydrogen-bond donors (Lipinski definition) is 2. The number of esters is 1. The van der Waals surface area contributed by atoms with Crippen LogP contribution in [0.1, 0.15) is 108 Å². The third-order valence-electron chi connectivity index (χ3n) is 12.0. The Labute approximate surface area is 295 Å². The number of aliphatic hydroxyl groups excluding tert-OH is 2. The molecule has 0 aromatic carbocycles. The van der Waals surface area contributed by atoms with Crippen LogP contribution in [0.4, 0.5) is 0 Å². The summed E-state index contributed by atoms with van der Waals surface area (Å²) in [6.07, 6.45) is -2.63. The zero-order valence-corrected chi connectivity index (χ0v) is 32.4. The molecule has 0 unspecified atom stereocenters. The summed E-state index contributed by atoms with van der Waals surface area (Å²) in [5.74, 6) is -1.60. The number of rotatable bonds is 8. The van der Waals surface area contributed by atoms with Crippen LogP contribution in [-0.4, -0.2) is 114 Å². The summed E-state index contributed by atoms with van der Waals surface area (Å²) in [4.78, 5) is 16.2. The number of nitrogens with zero attached hydrogens (tertiary/aromatic N) is 1. The van der Waals surface area contributed by atoms with E-state index < -0.39 is 72.1 Å². The lowest BCUT2D eigenvalue weighted by Crippen LogP contribution is -2.59. The van der Waals surface area contributed by atoms with Gasteiger partial charge >= 0.3 is 5.97 Å². The average molecular weight is 698 g/mol. The van der Waals surface area contributed by atoms with Crippen molar-refractivity contribution in [3.63, 3.8) is 0 Å². The largest absolute Gasteiger partial charge is 0.489 e. The molecule has 4 rings (SSSR count). The van der Waals surface area contributed by atoms with E-state index in [9.17, 15) is 15.0 Å². The Morgan fingerprint density at radius 3 is 2.20 bits per heavy atom. The minimum Gasteiger partial charge on any atom is -0.489 e. The standard InChI is InChI=1S/C38H67NO10/c1-14-28-23(6)30(40)24(7)32-20(3)17-38(11,49-32)34(48-36-31(41)27(39(12)15-2)16-21(4)45-36)25(8)33(26(9)35(42)46-28)47-29-19-37(10,43-13)18-22(5)44-29/h21-31,33-34,36,40-41H,14-19H2,1-13H3/t21-,22+,23+,24+,25+,26-,27+,28+,29+,30+,31-,33+,34-,36+,37+,38-/m1/s1. The van der Waals surface area contributed by atoms with Crippen molar-refractivity contribution in [2.24, 2.45) is 23.7 Å². The highest BCUT2D eigenvalue weighted by atomic mass is 16.7. The fourth-order valence-corrected chi connectivity index (χ4v) is 8.88. The van der Waals surface area contributed by atoms with Crippen molar-refractivity contribution < 1.29 is 48.2 Å². The van der Waals surface area contributed by atoms with Crippen molar-refractivity contribution in [2.75, 3.05) is 20.7 Å². The molecule has 0 aromatic heterocycles. The quantitative estimate of drug-likeness (QED) is 0.326. The lowest BCUT2D eigenvalue weighted by molar-refractivity contribution is -0.309. The second-order valence-corrected chi connectivity index (χ2v) is 16.2. The zero-order valence-electron chi connectivity index (χ0n) is 32.4. The summed E-state index contributed by atoms with van der Waals surface area (Å²) in [6, 6.07) is -0.163. The van der Waals surface area contributed by atoms with Gasteiger partial charge in [0, 0.05) is 50.2 Å². The van der Waals surface area contributed by atoms with Crippen LogP contribution >= 0.6 is 0 Å². The summed E-state index contributed by atoms with van der Waals surface area (Å²) in [7, 11) is 3.70. The normalized spacial score (nSPS) is 47.2. The van der Waals surface area contributed by atoms with Crippen molar-refractivity contribution >= 4 is 5.97 Å². The van der Waals surface area contributed by atoms with E-state index in [1.807, 2.05) is 69.4 Å². The molecule has 0 saturated carbocycles.